The smallest absolute Gasteiger partial charge is 0.212 e. The number of aromatic nitrogens is 3. The number of thioether (sulfide) groups is 1. The van der Waals surface area contributed by atoms with E-state index in [2.05, 4.69) is 17.0 Å². The molecule has 4 aliphatic rings. The van der Waals surface area contributed by atoms with E-state index in [1.807, 2.05) is 19.1 Å². The molecule has 9 heteroatoms. The fourth-order valence-corrected chi connectivity index (χ4v) is 9.14. The van der Waals surface area contributed by atoms with Crippen molar-refractivity contribution in [3.63, 3.8) is 0 Å². The fourth-order valence-electron chi connectivity index (χ4n) is 8.34. The summed E-state index contributed by atoms with van der Waals surface area (Å²) in [6.45, 7) is 3.99. The molecule has 194 valence electrons. The van der Waals surface area contributed by atoms with Gasteiger partial charge >= 0.3 is 0 Å². The van der Waals surface area contributed by atoms with Gasteiger partial charge in [-0.2, -0.15) is 14.8 Å². The van der Waals surface area contributed by atoms with Gasteiger partial charge in [0, 0.05) is 17.3 Å². The first-order valence-corrected chi connectivity index (χ1v) is 13.9. The molecule has 0 saturated heterocycles. The third kappa shape index (κ3) is 3.34. The zero-order valence-corrected chi connectivity index (χ0v) is 21.8. The number of fused-ring (bicyclic) bond motifs is 6. The molecule has 0 amide bonds. The number of carbonyl (C=O) groups excluding carboxylic acids is 1. The molecule has 1 N–H and O–H groups in total. The topological polar surface area (TPSA) is 91.8 Å². The maximum atomic E-state index is 17.6. The summed E-state index contributed by atoms with van der Waals surface area (Å²) in [6.07, 6.45) is 7.40. The van der Waals surface area contributed by atoms with Gasteiger partial charge in [-0.05, 0) is 73.6 Å². The summed E-state index contributed by atoms with van der Waals surface area (Å²) in [5.74, 6) is -1.05. The van der Waals surface area contributed by atoms with E-state index in [1.54, 1.807) is 16.9 Å². The predicted octanol–water partition coefficient (Wildman–Crippen LogP) is 5.05. The van der Waals surface area contributed by atoms with Crippen molar-refractivity contribution in [2.45, 2.75) is 64.1 Å². The van der Waals surface area contributed by atoms with Crippen molar-refractivity contribution in [1.29, 1.82) is 5.26 Å². The van der Waals surface area contributed by atoms with E-state index in [0.717, 1.165) is 35.0 Å². The van der Waals surface area contributed by atoms with Crippen molar-refractivity contribution < 1.29 is 18.7 Å². The Kier molecular flexibility index (Phi) is 5.67. The largest absolute Gasteiger partial charge is 0.390 e. The molecule has 0 aromatic carbocycles. The van der Waals surface area contributed by atoms with Crippen LogP contribution in [0.25, 0.3) is 11.8 Å². The number of pyridine rings is 1. The Labute approximate surface area is 219 Å². The van der Waals surface area contributed by atoms with Gasteiger partial charge in [0.15, 0.2) is 5.12 Å². The monoisotopic (exact) mass is 524 g/mol. The Balaban J connectivity index is 1.35. The van der Waals surface area contributed by atoms with E-state index >= 15 is 4.39 Å². The highest BCUT2D eigenvalue weighted by Crippen LogP contribution is 2.69. The highest BCUT2D eigenvalue weighted by Gasteiger charge is 2.71. The second kappa shape index (κ2) is 8.47. The number of rotatable bonds is 3. The van der Waals surface area contributed by atoms with Crippen LogP contribution in [0.1, 0.15) is 57.2 Å². The maximum Gasteiger partial charge on any atom is 0.212 e. The summed E-state index contributed by atoms with van der Waals surface area (Å²) in [7, 11) is 0. The molecule has 6 rings (SSSR count). The van der Waals surface area contributed by atoms with Gasteiger partial charge in [0.2, 0.25) is 5.95 Å². The number of aliphatic hydroxyl groups is 1. The zero-order chi connectivity index (χ0) is 26.2. The molecule has 7 atom stereocenters. The molecule has 7 unspecified atom stereocenters. The number of alkyl halides is 1. The molecule has 0 bridgehead atoms. The maximum absolute atomic E-state index is 17.6. The first-order chi connectivity index (χ1) is 17.6. The third-order valence-corrected chi connectivity index (χ3v) is 10.9. The lowest BCUT2D eigenvalue weighted by Gasteiger charge is -2.62. The average Bonchev–Trinajstić information content (AvgIpc) is 3.42. The number of carbonyl (C=O) groups is 1. The Morgan fingerprint density at radius 3 is 2.81 bits per heavy atom. The minimum atomic E-state index is -1.82. The lowest BCUT2D eigenvalue weighted by atomic mass is 9.44. The average molecular weight is 525 g/mol. The summed E-state index contributed by atoms with van der Waals surface area (Å²) < 4.78 is 32.7. The van der Waals surface area contributed by atoms with Crippen molar-refractivity contribution in [1.82, 2.24) is 14.8 Å². The van der Waals surface area contributed by atoms with Crippen LogP contribution in [0.4, 0.5) is 8.78 Å². The highest BCUT2D eigenvalue weighted by molar-refractivity contribution is 8.13. The summed E-state index contributed by atoms with van der Waals surface area (Å²) in [4.78, 5) is 16.7. The molecule has 3 saturated carbocycles. The van der Waals surface area contributed by atoms with E-state index in [9.17, 15) is 14.3 Å². The molecular weight excluding hydrogens is 494 g/mol. The molecule has 0 aliphatic heterocycles. The summed E-state index contributed by atoms with van der Waals surface area (Å²) in [5, 5.41) is 25.0. The summed E-state index contributed by atoms with van der Waals surface area (Å²) in [5.41, 5.74) is 0.147. The second-order valence-electron chi connectivity index (χ2n) is 11.6. The zero-order valence-electron chi connectivity index (χ0n) is 21.0. The van der Waals surface area contributed by atoms with Crippen molar-refractivity contribution in [2.24, 2.45) is 28.6 Å². The van der Waals surface area contributed by atoms with E-state index < -0.39 is 28.6 Å². The van der Waals surface area contributed by atoms with Crippen LogP contribution < -0.4 is 0 Å². The van der Waals surface area contributed by atoms with Crippen molar-refractivity contribution in [3.8, 4) is 11.8 Å². The minimum absolute atomic E-state index is 0.00211. The first kappa shape index (κ1) is 24.7. The third-order valence-electron chi connectivity index (χ3n) is 10.1. The van der Waals surface area contributed by atoms with Crippen molar-refractivity contribution in [2.75, 3.05) is 5.75 Å². The van der Waals surface area contributed by atoms with E-state index in [-0.39, 0.29) is 35.0 Å². The molecule has 0 radical (unpaired) electrons. The second-order valence-corrected chi connectivity index (χ2v) is 12.6. The molecular formula is C28H30F2N4O2S. The SMILES string of the molecule is CC12CC(O)C3(F)C(CCC4=Cc5c(cnn5-c5ccc(F)nc5)CC43C)C1CCC2C(=O)SCC#N. The number of halogens is 2. The molecule has 4 aliphatic carbocycles. The minimum Gasteiger partial charge on any atom is -0.390 e. The highest BCUT2D eigenvalue weighted by atomic mass is 32.2. The lowest BCUT2D eigenvalue weighted by molar-refractivity contribution is -0.205. The van der Waals surface area contributed by atoms with Crippen LogP contribution in [-0.2, 0) is 11.2 Å². The van der Waals surface area contributed by atoms with Crippen LogP contribution in [0, 0.1) is 45.9 Å². The van der Waals surface area contributed by atoms with E-state index in [1.165, 1.54) is 12.3 Å². The number of hydrogen-bond acceptors (Lipinski definition) is 6. The summed E-state index contributed by atoms with van der Waals surface area (Å²) in [6, 6.07) is 4.93. The molecule has 2 heterocycles. The van der Waals surface area contributed by atoms with Gasteiger partial charge in [0.05, 0.1) is 41.7 Å². The summed E-state index contributed by atoms with van der Waals surface area (Å²) >= 11 is 1.05. The van der Waals surface area contributed by atoms with E-state index in [4.69, 9.17) is 5.26 Å². The van der Waals surface area contributed by atoms with Gasteiger partial charge in [-0.3, -0.25) is 4.79 Å². The van der Waals surface area contributed by atoms with Crippen LogP contribution in [0.15, 0.2) is 30.1 Å². The Morgan fingerprint density at radius 1 is 1.27 bits per heavy atom. The van der Waals surface area contributed by atoms with Gasteiger partial charge in [-0.25, -0.2) is 14.1 Å². The van der Waals surface area contributed by atoms with Crippen LogP contribution >= 0.6 is 11.8 Å². The number of nitriles is 1. The number of allylic oxidation sites excluding steroid dienone is 1. The Hall–Kier alpha value is -2.57. The van der Waals surface area contributed by atoms with Gasteiger partial charge in [-0.15, -0.1) is 0 Å². The number of aliphatic hydroxyl groups excluding tert-OH is 1. The van der Waals surface area contributed by atoms with Crippen molar-refractivity contribution >= 4 is 23.0 Å². The van der Waals surface area contributed by atoms with Crippen LogP contribution in [0.2, 0.25) is 0 Å². The first-order valence-electron chi connectivity index (χ1n) is 12.9. The lowest BCUT2D eigenvalue weighted by Crippen LogP contribution is -2.67. The molecule has 2 aromatic rings. The number of hydrogen-bond donors (Lipinski definition) is 1. The van der Waals surface area contributed by atoms with Crippen molar-refractivity contribution in [3.05, 3.63) is 47.3 Å². The Morgan fingerprint density at radius 2 is 2.08 bits per heavy atom. The molecule has 6 nitrogen and oxygen atoms in total. The van der Waals surface area contributed by atoms with Crippen LogP contribution in [-0.4, -0.2) is 42.5 Å². The fraction of sp³-hybridized carbons (Fsp3) is 0.571. The molecule has 3 fully saturated rings. The van der Waals surface area contributed by atoms with Gasteiger partial charge < -0.3 is 5.11 Å². The van der Waals surface area contributed by atoms with Crippen LogP contribution in [0.5, 0.6) is 0 Å². The van der Waals surface area contributed by atoms with Gasteiger partial charge in [0.1, 0.15) is 5.67 Å². The van der Waals surface area contributed by atoms with Gasteiger partial charge in [-0.1, -0.05) is 31.2 Å². The predicted molar refractivity (Wildman–Crippen MR) is 136 cm³/mol. The quantitative estimate of drug-likeness (QED) is 0.565. The Bertz CT molecular complexity index is 1340. The standard InChI is InChI=1S/C28H30F2N4O2S/c1-26-13-23(35)28(30)20(19(26)6-7-21(26)25(36)37-10-9-31)5-3-17-11-22-16(12-27(17,28)2)14-33-34(22)18-4-8-24(29)32-15-18/h4,8,11,14-15,19-21,23,35H,3,5-7,10,12-13H2,1-2H3. The van der Waals surface area contributed by atoms with Gasteiger partial charge in [0.25, 0.3) is 0 Å². The van der Waals surface area contributed by atoms with Crippen LogP contribution in [0.3, 0.4) is 0 Å². The van der Waals surface area contributed by atoms with E-state index in [0.29, 0.717) is 31.4 Å². The molecule has 0 spiro atoms. The molecule has 37 heavy (non-hydrogen) atoms. The normalized spacial score (nSPS) is 38.0. The number of nitrogens with zero attached hydrogens (tertiary/aromatic N) is 4. The molecule has 2 aromatic heterocycles.